The van der Waals surface area contributed by atoms with Crippen molar-refractivity contribution in [1.82, 2.24) is 4.90 Å². The molecule has 1 aliphatic rings. The molecule has 1 heterocycles. The fraction of sp³-hybridized carbons (Fsp3) is 0.917. The Hall–Kier alpha value is -0.530. The second-order valence-electron chi connectivity index (χ2n) is 5.67. The molecule has 2 nitrogen and oxygen atoms in total. The molecular weight excluding hydrogens is 174 g/mol. The van der Waals surface area contributed by atoms with Gasteiger partial charge >= 0.3 is 0 Å². The van der Waals surface area contributed by atoms with E-state index in [1.54, 1.807) is 0 Å². The van der Waals surface area contributed by atoms with E-state index in [4.69, 9.17) is 0 Å². The Morgan fingerprint density at radius 1 is 1.36 bits per heavy atom. The summed E-state index contributed by atoms with van der Waals surface area (Å²) in [5.41, 5.74) is 0.119. The molecule has 0 aliphatic carbocycles. The quantitative estimate of drug-likeness (QED) is 0.633. The number of nitrogens with zero attached hydrogens (tertiary/aromatic N) is 1. The van der Waals surface area contributed by atoms with Crippen LogP contribution in [0.2, 0.25) is 0 Å². The highest BCUT2D eigenvalue weighted by molar-refractivity contribution is 5.77. The molecule has 0 aromatic carbocycles. The van der Waals surface area contributed by atoms with Crippen molar-refractivity contribution in [3.05, 3.63) is 0 Å². The summed E-state index contributed by atoms with van der Waals surface area (Å²) in [5, 5.41) is 0. The van der Waals surface area contributed by atoms with Crippen molar-refractivity contribution in [2.24, 2.45) is 5.41 Å². The van der Waals surface area contributed by atoms with Gasteiger partial charge < -0.3 is 4.90 Å². The molecule has 14 heavy (non-hydrogen) atoms. The Morgan fingerprint density at radius 2 is 2.00 bits per heavy atom. The molecule has 1 unspecified atom stereocenters. The smallest absolute Gasteiger partial charge is 0.223 e. The van der Waals surface area contributed by atoms with Crippen LogP contribution in [0.5, 0.6) is 0 Å². The zero-order valence-electron chi connectivity index (χ0n) is 9.97. The van der Waals surface area contributed by atoms with Gasteiger partial charge in [0, 0.05) is 19.0 Å². The number of hydrogen-bond acceptors (Lipinski definition) is 1. The monoisotopic (exact) mass is 197 g/mol. The van der Waals surface area contributed by atoms with Gasteiger partial charge in [-0.1, -0.05) is 20.8 Å². The van der Waals surface area contributed by atoms with E-state index in [1.807, 2.05) is 0 Å². The van der Waals surface area contributed by atoms with Crippen molar-refractivity contribution in [3.8, 4) is 0 Å². The number of hydrogen-bond donors (Lipinski definition) is 0. The lowest BCUT2D eigenvalue weighted by Crippen LogP contribution is -2.43. The number of carbonyl (C=O) groups excluding carboxylic acids is 1. The number of piperidine rings is 1. The van der Waals surface area contributed by atoms with Gasteiger partial charge in [0.1, 0.15) is 0 Å². The van der Waals surface area contributed by atoms with E-state index in [2.05, 4.69) is 32.6 Å². The van der Waals surface area contributed by atoms with Gasteiger partial charge in [-0.05, 0) is 31.6 Å². The predicted molar refractivity (Wildman–Crippen MR) is 59.1 cm³/mol. The van der Waals surface area contributed by atoms with E-state index in [9.17, 15) is 4.79 Å². The SMILES string of the molecule is CC1CCCCN1C(=O)CC(C)(C)C. The molecule has 1 aliphatic heterocycles. The summed E-state index contributed by atoms with van der Waals surface area (Å²) < 4.78 is 0. The van der Waals surface area contributed by atoms with Crippen LogP contribution in [0, 0.1) is 5.41 Å². The van der Waals surface area contributed by atoms with Crippen LogP contribution in [0.4, 0.5) is 0 Å². The summed E-state index contributed by atoms with van der Waals surface area (Å²) in [5.74, 6) is 0.338. The van der Waals surface area contributed by atoms with Crippen LogP contribution < -0.4 is 0 Å². The van der Waals surface area contributed by atoms with Crippen molar-refractivity contribution >= 4 is 5.91 Å². The molecule has 0 aromatic rings. The minimum Gasteiger partial charge on any atom is -0.340 e. The van der Waals surface area contributed by atoms with E-state index in [-0.39, 0.29) is 5.41 Å². The molecule has 1 atom stereocenters. The van der Waals surface area contributed by atoms with Gasteiger partial charge in [0.25, 0.3) is 0 Å². The highest BCUT2D eigenvalue weighted by Gasteiger charge is 2.26. The maximum absolute atomic E-state index is 12.0. The molecule has 0 aromatic heterocycles. The third kappa shape index (κ3) is 3.32. The fourth-order valence-corrected chi connectivity index (χ4v) is 2.02. The summed E-state index contributed by atoms with van der Waals surface area (Å²) >= 11 is 0. The first-order chi connectivity index (χ1) is 6.40. The van der Waals surface area contributed by atoms with Gasteiger partial charge in [-0.25, -0.2) is 0 Å². The minimum absolute atomic E-state index is 0.119. The van der Waals surface area contributed by atoms with Crippen LogP contribution in [0.1, 0.15) is 53.4 Å². The van der Waals surface area contributed by atoms with Crippen LogP contribution in [0.25, 0.3) is 0 Å². The summed E-state index contributed by atoms with van der Waals surface area (Å²) in [7, 11) is 0. The molecule has 1 rings (SSSR count). The van der Waals surface area contributed by atoms with Crippen LogP contribution in [0.15, 0.2) is 0 Å². The maximum atomic E-state index is 12.0. The zero-order chi connectivity index (χ0) is 10.8. The van der Waals surface area contributed by atoms with Crippen molar-refractivity contribution < 1.29 is 4.79 Å². The van der Waals surface area contributed by atoms with Crippen LogP contribution in [0.3, 0.4) is 0 Å². The van der Waals surface area contributed by atoms with E-state index >= 15 is 0 Å². The molecule has 0 bridgehead atoms. The summed E-state index contributed by atoms with van der Waals surface area (Å²) in [6.45, 7) is 9.51. The highest BCUT2D eigenvalue weighted by atomic mass is 16.2. The number of likely N-dealkylation sites (tertiary alicyclic amines) is 1. The lowest BCUT2D eigenvalue weighted by atomic mass is 9.90. The van der Waals surface area contributed by atoms with Crippen molar-refractivity contribution in [3.63, 3.8) is 0 Å². The molecular formula is C12H23NO. The van der Waals surface area contributed by atoms with Crippen molar-refractivity contribution in [2.45, 2.75) is 59.4 Å². The second kappa shape index (κ2) is 4.33. The second-order valence-corrected chi connectivity index (χ2v) is 5.67. The summed E-state index contributed by atoms with van der Waals surface area (Å²) in [6.07, 6.45) is 4.31. The van der Waals surface area contributed by atoms with Gasteiger partial charge in [-0.3, -0.25) is 4.79 Å². The standard InChI is InChI=1S/C12H23NO/c1-10-7-5-6-8-13(10)11(14)9-12(2,3)4/h10H,5-9H2,1-4H3. The third-order valence-corrected chi connectivity index (χ3v) is 2.80. The minimum atomic E-state index is 0.119. The van der Waals surface area contributed by atoms with E-state index in [0.717, 1.165) is 6.54 Å². The van der Waals surface area contributed by atoms with Gasteiger partial charge in [-0.15, -0.1) is 0 Å². The average Bonchev–Trinajstić information content (AvgIpc) is 2.01. The Bertz CT molecular complexity index is 205. The Morgan fingerprint density at radius 3 is 2.50 bits per heavy atom. The van der Waals surface area contributed by atoms with Crippen molar-refractivity contribution in [2.75, 3.05) is 6.54 Å². The van der Waals surface area contributed by atoms with Crippen molar-refractivity contribution in [1.29, 1.82) is 0 Å². The van der Waals surface area contributed by atoms with Gasteiger partial charge in [0.05, 0.1) is 0 Å². The fourth-order valence-electron chi connectivity index (χ4n) is 2.02. The summed E-state index contributed by atoms with van der Waals surface area (Å²) in [4.78, 5) is 14.0. The Kier molecular flexibility index (Phi) is 3.57. The highest BCUT2D eigenvalue weighted by Crippen LogP contribution is 2.23. The molecule has 1 fully saturated rings. The molecule has 82 valence electrons. The number of carbonyl (C=O) groups is 1. The summed E-state index contributed by atoms with van der Waals surface area (Å²) in [6, 6.07) is 0.457. The maximum Gasteiger partial charge on any atom is 0.223 e. The third-order valence-electron chi connectivity index (χ3n) is 2.80. The number of rotatable bonds is 1. The zero-order valence-corrected chi connectivity index (χ0v) is 9.97. The Balaban J connectivity index is 2.50. The first-order valence-corrected chi connectivity index (χ1v) is 5.69. The normalized spacial score (nSPS) is 23.7. The lowest BCUT2D eigenvalue weighted by molar-refractivity contribution is -0.136. The molecule has 1 amide bonds. The molecule has 0 radical (unpaired) electrons. The first-order valence-electron chi connectivity index (χ1n) is 5.69. The van der Waals surface area contributed by atoms with Crippen LogP contribution >= 0.6 is 0 Å². The lowest BCUT2D eigenvalue weighted by Gasteiger charge is -2.35. The molecule has 2 heteroatoms. The van der Waals surface area contributed by atoms with Gasteiger partial charge in [-0.2, -0.15) is 0 Å². The van der Waals surface area contributed by atoms with E-state index < -0.39 is 0 Å². The topological polar surface area (TPSA) is 20.3 Å². The number of amides is 1. The largest absolute Gasteiger partial charge is 0.340 e. The van der Waals surface area contributed by atoms with E-state index in [0.29, 0.717) is 18.4 Å². The molecule has 1 saturated heterocycles. The first kappa shape index (κ1) is 11.5. The molecule has 0 N–H and O–H groups in total. The van der Waals surface area contributed by atoms with Crippen LogP contribution in [-0.4, -0.2) is 23.4 Å². The van der Waals surface area contributed by atoms with Gasteiger partial charge in [0.2, 0.25) is 5.91 Å². The Labute approximate surface area is 87.7 Å². The van der Waals surface area contributed by atoms with Crippen LogP contribution in [-0.2, 0) is 4.79 Å². The average molecular weight is 197 g/mol. The van der Waals surface area contributed by atoms with E-state index in [1.165, 1.54) is 19.3 Å². The van der Waals surface area contributed by atoms with Gasteiger partial charge in [0.15, 0.2) is 0 Å². The molecule has 0 saturated carbocycles. The predicted octanol–water partition coefficient (Wildman–Crippen LogP) is 2.82. The molecule has 0 spiro atoms.